The summed E-state index contributed by atoms with van der Waals surface area (Å²) in [6.45, 7) is 5.92. The zero-order valence-corrected chi connectivity index (χ0v) is 11.3. The summed E-state index contributed by atoms with van der Waals surface area (Å²) in [7, 11) is 0. The van der Waals surface area contributed by atoms with Crippen molar-refractivity contribution in [2.24, 2.45) is 0 Å². The fourth-order valence-electron chi connectivity index (χ4n) is 2.29. The minimum absolute atomic E-state index is 0.0223. The SMILES string of the molecule is Cc1cccc(CO)c1NC(=O)CN1CCNCC1. The number of para-hydroxylation sites is 1. The first kappa shape index (κ1) is 14.0. The highest BCUT2D eigenvalue weighted by Gasteiger charge is 2.15. The summed E-state index contributed by atoms with van der Waals surface area (Å²) in [5, 5.41) is 15.5. The summed E-state index contributed by atoms with van der Waals surface area (Å²) < 4.78 is 0. The number of aliphatic hydroxyl groups is 1. The first-order valence-electron chi connectivity index (χ1n) is 6.63. The number of benzene rings is 1. The lowest BCUT2D eigenvalue weighted by Gasteiger charge is -2.26. The number of carbonyl (C=O) groups excluding carboxylic acids is 1. The summed E-state index contributed by atoms with van der Waals surface area (Å²) in [4.78, 5) is 14.2. The summed E-state index contributed by atoms with van der Waals surface area (Å²) in [5.74, 6) is -0.0223. The van der Waals surface area contributed by atoms with Crippen LogP contribution in [0.5, 0.6) is 0 Å². The second-order valence-corrected chi connectivity index (χ2v) is 4.84. The Morgan fingerprint density at radius 3 is 2.84 bits per heavy atom. The molecule has 5 nitrogen and oxygen atoms in total. The molecule has 5 heteroatoms. The van der Waals surface area contributed by atoms with Crippen LogP contribution in [0.3, 0.4) is 0 Å². The minimum atomic E-state index is -0.0646. The van der Waals surface area contributed by atoms with E-state index in [0.717, 1.165) is 43.0 Å². The zero-order valence-electron chi connectivity index (χ0n) is 11.3. The highest BCUT2D eigenvalue weighted by Crippen LogP contribution is 2.20. The average Bonchev–Trinajstić information content (AvgIpc) is 2.42. The molecule has 1 aliphatic heterocycles. The van der Waals surface area contributed by atoms with Crippen molar-refractivity contribution in [3.05, 3.63) is 29.3 Å². The maximum absolute atomic E-state index is 12.0. The Morgan fingerprint density at radius 1 is 1.42 bits per heavy atom. The molecule has 0 unspecified atom stereocenters. The Bertz CT molecular complexity index is 442. The van der Waals surface area contributed by atoms with Crippen LogP contribution >= 0.6 is 0 Å². The average molecular weight is 263 g/mol. The third-order valence-electron chi connectivity index (χ3n) is 3.37. The van der Waals surface area contributed by atoms with Crippen molar-refractivity contribution in [1.82, 2.24) is 10.2 Å². The van der Waals surface area contributed by atoms with E-state index in [1.807, 2.05) is 25.1 Å². The van der Waals surface area contributed by atoms with Crippen LogP contribution in [0.1, 0.15) is 11.1 Å². The molecule has 0 aromatic heterocycles. The molecule has 19 heavy (non-hydrogen) atoms. The fourth-order valence-corrected chi connectivity index (χ4v) is 2.29. The molecule has 104 valence electrons. The molecule has 0 bridgehead atoms. The third kappa shape index (κ3) is 3.76. The number of anilines is 1. The first-order valence-corrected chi connectivity index (χ1v) is 6.63. The Hall–Kier alpha value is -1.43. The normalized spacial score (nSPS) is 16.3. The van der Waals surface area contributed by atoms with Gasteiger partial charge in [0.25, 0.3) is 0 Å². The summed E-state index contributed by atoms with van der Waals surface area (Å²) in [6.07, 6.45) is 0. The first-order chi connectivity index (χ1) is 9.20. The molecule has 0 aliphatic carbocycles. The number of rotatable bonds is 4. The van der Waals surface area contributed by atoms with Gasteiger partial charge in [0, 0.05) is 37.4 Å². The largest absolute Gasteiger partial charge is 0.392 e. The number of aliphatic hydroxyl groups excluding tert-OH is 1. The van der Waals surface area contributed by atoms with E-state index in [4.69, 9.17) is 0 Å². The van der Waals surface area contributed by atoms with Gasteiger partial charge in [-0.15, -0.1) is 0 Å². The van der Waals surface area contributed by atoms with Crippen LogP contribution in [0.15, 0.2) is 18.2 Å². The van der Waals surface area contributed by atoms with E-state index in [1.165, 1.54) is 0 Å². The highest BCUT2D eigenvalue weighted by molar-refractivity contribution is 5.93. The number of aryl methyl sites for hydroxylation is 1. The molecule has 1 saturated heterocycles. The maximum atomic E-state index is 12.0. The van der Waals surface area contributed by atoms with Gasteiger partial charge in [-0.25, -0.2) is 0 Å². The Kier molecular flexibility index (Phi) is 4.90. The van der Waals surface area contributed by atoms with Crippen molar-refractivity contribution >= 4 is 11.6 Å². The summed E-state index contributed by atoms with van der Waals surface area (Å²) in [5.41, 5.74) is 2.47. The number of carbonyl (C=O) groups is 1. The van der Waals surface area contributed by atoms with E-state index in [2.05, 4.69) is 15.5 Å². The number of hydrogen-bond acceptors (Lipinski definition) is 4. The van der Waals surface area contributed by atoms with Crippen molar-refractivity contribution in [2.75, 3.05) is 38.0 Å². The minimum Gasteiger partial charge on any atom is -0.392 e. The maximum Gasteiger partial charge on any atom is 0.238 e. The van der Waals surface area contributed by atoms with E-state index in [9.17, 15) is 9.90 Å². The summed E-state index contributed by atoms with van der Waals surface area (Å²) in [6, 6.07) is 5.64. The molecule has 1 aromatic rings. The molecule has 0 radical (unpaired) electrons. The molecular formula is C14H21N3O2. The topological polar surface area (TPSA) is 64.6 Å². The Balaban J connectivity index is 1.98. The molecule has 1 aliphatic rings. The summed E-state index contributed by atoms with van der Waals surface area (Å²) >= 11 is 0. The van der Waals surface area contributed by atoms with Crippen molar-refractivity contribution in [1.29, 1.82) is 0 Å². The van der Waals surface area contributed by atoms with Gasteiger partial charge in [-0.2, -0.15) is 0 Å². The zero-order chi connectivity index (χ0) is 13.7. The van der Waals surface area contributed by atoms with Crippen molar-refractivity contribution in [3.63, 3.8) is 0 Å². The smallest absolute Gasteiger partial charge is 0.238 e. The molecule has 1 amide bonds. The number of nitrogens with zero attached hydrogens (tertiary/aromatic N) is 1. The molecule has 0 saturated carbocycles. The van der Waals surface area contributed by atoms with Gasteiger partial charge in [-0.05, 0) is 12.5 Å². The van der Waals surface area contributed by atoms with E-state index in [1.54, 1.807) is 0 Å². The molecule has 1 fully saturated rings. The van der Waals surface area contributed by atoms with Crippen LogP contribution in [-0.4, -0.2) is 48.6 Å². The van der Waals surface area contributed by atoms with Gasteiger partial charge in [0.15, 0.2) is 0 Å². The van der Waals surface area contributed by atoms with E-state index < -0.39 is 0 Å². The lowest BCUT2D eigenvalue weighted by atomic mass is 10.1. The highest BCUT2D eigenvalue weighted by atomic mass is 16.3. The molecule has 3 N–H and O–H groups in total. The number of nitrogens with one attached hydrogen (secondary N) is 2. The monoisotopic (exact) mass is 263 g/mol. The number of piperazine rings is 1. The van der Waals surface area contributed by atoms with Gasteiger partial charge >= 0.3 is 0 Å². The molecule has 1 aromatic carbocycles. The molecular weight excluding hydrogens is 242 g/mol. The van der Waals surface area contributed by atoms with Crippen LogP contribution in [-0.2, 0) is 11.4 Å². The van der Waals surface area contributed by atoms with Crippen LogP contribution in [0.4, 0.5) is 5.69 Å². The van der Waals surface area contributed by atoms with Gasteiger partial charge in [0.2, 0.25) is 5.91 Å². The molecule has 2 rings (SSSR count). The number of amides is 1. The third-order valence-corrected chi connectivity index (χ3v) is 3.37. The lowest BCUT2D eigenvalue weighted by Crippen LogP contribution is -2.46. The standard InChI is InChI=1S/C14H21N3O2/c1-11-3-2-4-12(10-18)14(11)16-13(19)9-17-7-5-15-6-8-17/h2-4,15,18H,5-10H2,1H3,(H,16,19). The lowest BCUT2D eigenvalue weighted by molar-refractivity contribution is -0.117. The molecule has 0 spiro atoms. The fraction of sp³-hybridized carbons (Fsp3) is 0.500. The van der Waals surface area contributed by atoms with E-state index >= 15 is 0 Å². The number of hydrogen-bond donors (Lipinski definition) is 3. The Morgan fingerprint density at radius 2 is 2.16 bits per heavy atom. The molecule has 1 heterocycles. The Labute approximate surface area is 113 Å². The second-order valence-electron chi connectivity index (χ2n) is 4.84. The van der Waals surface area contributed by atoms with Gasteiger partial charge in [0.05, 0.1) is 13.2 Å². The van der Waals surface area contributed by atoms with Crippen molar-refractivity contribution in [3.8, 4) is 0 Å². The van der Waals surface area contributed by atoms with Crippen LogP contribution in [0, 0.1) is 6.92 Å². The van der Waals surface area contributed by atoms with E-state index in [-0.39, 0.29) is 12.5 Å². The van der Waals surface area contributed by atoms with Crippen LogP contribution in [0.2, 0.25) is 0 Å². The predicted octanol–water partition coefficient (Wildman–Crippen LogP) is 0.331. The quantitative estimate of drug-likeness (QED) is 0.732. The van der Waals surface area contributed by atoms with Gasteiger partial charge in [0.1, 0.15) is 0 Å². The van der Waals surface area contributed by atoms with Crippen LogP contribution < -0.4 is 10.6 Å². The van der Waals surface area contributed by atoms with Gasteiger partial charge in [-0.3, -0.25) is 9.69 Å². The predicted molar refractivity (Wildman–Crippen MR) is 75.0 cm³/mol. The van der Waals surface area contributed by atoms with Gasteiger partial charge < -0.3 is 15.7 Å². The van der Waals surface area contributed by atoms with E-state index in [0.29, 0.717) is 6.54 Å². The van der Waals surface area contributed by atoms with Gasteiger partial charge in [-0.1, -0.05) is 18.2 Å². The van der Waals surface area contributed by atoms with Crippen molar-refractivity contribution in [2.45, 2.75) is 13.5 Å². The van der Waals surface area contributed by atoms with Crippen LogP contribution in [0.25, 0.3) is 0 Å². The van der Waals surface area contributed by atoms with Crippen molar-refractivity contribution < 1.29 is 9.90 Å². The second kappa shape index (κ2) is 6.65. The molecule has 0 atom stereocenters.